The first-order chi connectivity index (χ1) is 7.36. The van der Waals surface area contributed by atoms with Gasteiger partial charge in [-0.2, -0.15) is 5.26 Å². The smallest absolute Gasteiger partial charge is 0.119 e. The summed E-state index contributed by atoms with van der Waals surface area (Å²) in [6, 6.07) is 10.2. The van der Waals surface area contributed by atoms with E-state index in [4.69, 9.17) is 10.00 Å². The molecule has 15 heavy (non-hydrogen) atoms. The number of ether oxygens (including phenoxy) is 1. The van der Waals surface area contributed by atoms with Gasteiger partial charge in [0.1, 0.15) is 12.4 Å². The van der Waals surface area contributed by atoms with E-state index < -0.39 is 0 Å². The summed E-state index contributed by atoms with van der Waals surface area (Å²) in [5.74, 6) is 0.852. The van der Waals surface area contributed by atoms with Gasteiger partial charge < -0.3 is 4.74 Å². The maximum atomic E-state index is 8.36. The van der Waals surface area contributed by atoms with Gasteiger partial charge in [-0.15, -0.1) is 0 Å². The second-order valence-electron chi connectivity index (χ2n) is 3.50. The summed E-state index contributed by atoms with van der Waals surface area (Å²) in [6.45, 7) is 2.67. The molecule has 0 aliphatic carbocycles. The summed E-state index contributed by atoms with van der Waals surface area (Å²) < 4.78 is 5.38. The van der Waals surface area contributed by atoms with Crippen molar-refractivity contribution < 1.29 is 4.74 Å². The number of rotatable bonds is 6. The van der Waals surface area contributed by atoms with E-state index >= 15 is 0 Å². The first-order valence-electron chi connectivity index (χ1n) is 5.45. The number of aryl methyl sites for hydroxylation is 1. The minimum atomic E-state index is 0.442. The van der Waals surface area contributed by atoms with Crippen molar-refractivity contribution in [3.63, 3.8) is 0 Å². The van der Waals surface area contributed by atoms with Crippen LogP contribution in [0.5, 0.6) is 5.75 Å². The van der Waals surface area contributed by atoms with Gasteiger partial charge in [-0.3, -0.25) is 0 Å². The molecule has 0 bridgehead atoms. The van der Waals surface area contributed by atoms with Crippen LogP contribution in [0.3, 0.4) is 0 Å². The molecule has 0 atom stereocenters. The molecule has 0 aromatic heterocycles. The number of benzene rings is 1. The molecule has 0 saturated carbocycles. The van der Waals surface area contributed by atoms with Crippen LogP contribution in [0.15, 0.2) is 24.3 Å². The Morgan fingerprint density at radius 2 is 2.00 bits per heavy atom. The topological polar surface area (TPSA) is 33.0 Å². The summed E-state index contributed by atoms with van der Waals surface area (Å²) in [5, 5.41) is 8.36. The van der Waals surface area contributed by atoms with Crippen molar-refractivity contribution in [2.75, 3.05) is 6.61 Å². The molecule has 0 saturated heterocycles. The first kappa shape index (κ1) is 11.6. The van der Waals surface area contributed by atoms with E-state index in [1.807, 2.05) is 12.1 Å². The van der Waals surface area contributed by atoms with Crippen LogP contribution in [0.2, 0.25) is 0 Å². The van der Waals surface area contributed by atoms with Crippen LogP contribution in [0.25, 0.3) is 0 Å². The lowest BCUT2D eigenvalue weighted by Crippen LogP contribution is -1.95. The minimum absolute atomic E-state index is 0.442. The van der Waals surface area contributed by atoms with E-state index in [9.17, 15) is 0 Å². The van der Waals surface area contributed by atoms with Crippen LogP contribution in [0, 0.1) is 11.3 Å². The van der Waals surface area contributed by atoms with Crippen LogP contribution in [0.1, 0.15) is 31.7 Å². The molecule has 0 amide bonds. The van der Waals surface area contributed by atoms with E-state index in [0.717, 1.165) is 12.2 Å². The van der Waals surface area contributed by atoms with Crippen molar-refractivity contribution >= 4 is 0 Å². The van der Waals surface area contributed by atoms with E-state index in [1.165, 1.54) is 18.4 Å². The van der Waals surface area contributed by atoms with Gasteiger partial charge in [-0.05, 0) is 30.5 Å². The number of hydrogen-bond donors (Lipinski definition) is 0. The van der Waals surface area contributed by atoms with Gasteiger partial charge in [0.2, 0.25) is 0 Å². The van der Waals surface area contributed by atoms with Crippen LogP contribution >= 0.6 is 0 Å². The molecule has 1 aromatic rings. The SMILES string of the molecule is CCCCc1ccc(OCCC#N)cc1. The third kappa shape index (κ3) is 4.51. The highest BCUT2D eigenvalue weighted by Gasteiger charge is 1.95. The van der Waals surface area contributed by atoms with Gasteiger partial charge in [0.05, 0.1) is 12.5 Å². The summed E-state index contributed by atoms with van der Waals surface area (Å²) in [5.41, 5.74) is 1.35. The fourth-order valence-electron chi connectivity index (χ4n) is 1.35. The monoisotopic (exact) mass is 203 g/mol. The molecule has 2 heteroatoms. The predicted octanol–water partition coefficient (Wildman–Crippen LogP) is 3.32. The normalized spacial score (nSPS) is 9.60. The predicted molar refractivity (Wildman–Crippen MR) is 60.8 cm³/mol. The summed E-state index contributed by atoms with van der Waals surface area (Å²) in [7, 11) is 0. The lowest BCUT2D eigenvalue weighted by molar-refractivity contribution is 0.326. The molecule has 80 valence electrons. The Kier molecular flexibility index (Phi) is 5.32. The Morgan fingerprint density at radius 3 is 2.60 bits per heavy atom. The van der Waals surface area contributed by atoms with E-state index in [0.29, 0.717) is 13.0 Å². The number of nitriles is 1. The molecule has 0 N–H and O–H groups in total. The first-order valence-corrected chi connectivity index (χ1v) is 5.45. The standard InChI is InChI=1S/C13H17NO/c1-2-3-5-12-6-8-13(9-7-12)15-11-4-10-14/h6-9H,2-5,11H2,1H3. The molecule has 1 aromatic carbocycles. The highest BCUT2D eigenvalue weighted by atomic mass is 16.5. The van der Waals surface area contributed by atoms with E-state index in [2.05, 4.69) is 25.1 Å². The Labute approximate surface area is 91.5 Å². The molecular weight excluding hydrogens is 186 g/mol. The molecular formula is C13H17NO. The lowest BCUT2D eigenvalue weighted by Gasteiger charge is -2.04. The molecule has 2 nitrogen and oxygen atoms in total. The van der Waals surface area contributed by atoms with Crippen molar-refractivity contribution in [1.82, 2.24) is 0 Å². The van der Waals surface area contributed by atoms with Crippen molar-refractivity contribution in [3.05, 3.63) is 29.8 Å². The minimum Gasteiger partial charge on any atom is -0.493 e. The zero-order valence-corrected chi connectivity index (χ0v) is 9.20. The fourth-order valence-corrected chi connectivity index (χ4v) is 1.35. The maximum Gasteiger partial charge on any atom is 0.119 e. The van der Waals surface area contributed by atoms with Crippen molar-refractivity contribution in [2.45, 2.75) is 32.6 Å². The molecule has 0 unspecified atom stereocenters. The van der Waals surface area contributed by atoms with Gasteiger partial charge in [-0.1, -0.05) is 25.5 Å². The van der Waals surface area contributed by atoms with Crippen molar-refractivity contribution in [1.29, 1.82) is 5.26 Å². The van der Waals surface area contributed by atoms with Crippen LogP contribution in [0.4, 0.5) is 0 Å². The van der Waals surface area contributed by atoms with Gasteiger partial charge in [-0.25, -0.2) is 0 Å². The quantitative estimate of drug-likeness (QED) is 0.664. The number of hydrogen-bond acceptors (Lipinski definition) is 2. The molecule has 0 fully saturated rings. The largest absolute Gasteiger partial charge is 0.493 e. The third-order valence-electron chi connectivity index (χ3n) is 2.22. The summed E-state index contributed by atoms with van der Waals surface area (Å²) in [4.78, 5) is 0. The fraction of sp³-hybridized carbons (Fsp3) is 0.462. The average Bonchev–Trinajstić information content (AvgIpc) is 2.28. The van der Waals surface area contributed by atoms with Crippen LogP contribution in [-0.2, 0) is 6.42 Å². The lowest BCUT2D eigenvalue weighted by atomic mass is 10.1. The molecule has 0 spiro atoms. The maximum absolute atomic E-state index is 8.36. The average molecular weight is 203 g/mol. The second kappa shape index (κ2) is 6.89. The highest BCUT2D eigenvalue weighted by Crippen LogP contribution is 2.13. The van der Waals surface area contributed by atoms with Gasteiger partial charge in [0.25, 0.3) is 0 Å². The summed E-state index contributed by atoms with van der Waals surface area (Å²) >= 11 is 0. The number of nitrogens with zero attached hydrogens (tertiary/aromatic N) is 1. The van der Waals surface area contributed by atoms with E-state index in [-0.39, 0.29) is 0 Å². The number of unbranched alkanes of at least 4 members (excludes halogenated alkanes) is 1. The van der Waals surface area contributed by atoms with Gasteiger partial charge >= 0.3 is 0 Å². The molecule has 1 rings (SSSR count). The van der Waals surface area contributed by atoms with Crippen molar-refractivity contribution in [3.8, 4) is 11.8 Å². The molecule has 0 radical (unpaired) electrons. The van der Waals surface area contributed by atoms with Crippen molar-refractivity contribution in [2.24, 2.45) is 0 Å². The van der Waals surface area contributed by atoms with Crippen LogP contribution in [-0.4, -0.2) is 6.61 Å². The Balaban J connectivity index is 2.39. The summed E-state index contributed by atoms with van der Waals surface area (Å²) in [6.07, 6.45) is 4.03. The Morgan fingerprint density at radius 1 is 1.27 bits per heavy atom. The Hall–Kier alpha value is -1.49. The third-order valence-corrected chi connectivity index (χ3v) is 2.22. The molecule has 0 heterocycles. The van der Waals surface area contributed by atoms with Crippen LogP contribution < -0.4 is 4.74 Å². The van der Waals surface area contributed by atoms with E-state index in [1.54, 1.807) is 0 Å². The Bertz CT molecular complexity index is 310. The molecule has 0 aliphatic rings. The molecule has 0 aliphatic heterocycles. The van der Waals surface area contributed by atoms with Gasteiger partial charge in [0, 0.05) is 0 Å². The zero-order valence-electron chi connectivity index (χ0n) is 9.20. The van der Waals surface area contributed by atoms with Gasteiger partial charge in [0.15, 0.2) is 0 Å². The second-order valence-corrected chi connectivity index (χ2v) is 3.50. The highest BCUT2D eigenvalue weighted by molar-refractivity contribution is 5.27. The zero-order chi connectivity index (χ0) is 10.9.